The summed E-state index contributed by atoms with van der Waals surface area (Å²) in [6, 6.07) is -1.72. The molecule has 0 bridgehead atoms. The van der Waals surface area contributed by atoms with Crippen molar-refractivity contribution in [3.05, 3.63) is 12.2 Å². The molecule has 2 saturated heterocycles. The zero-order valence-corrected chi connectivity index (χ0v) is 23.3. The molecule has 4 amide bonds. The van der Waals surface area contributed by atoms with Crippen LogP contribution in [0.2, 0.25) is 0 Å². The normalized spacial score (nSPS) is 19.6. The lowest BCUT2D eigenvalue weighted by molar-refractivity contribution is -0.175. The zero-order chi connectivity index (χ0) is 30.1. The summed E-state index contributed by atoms with van der Waals surface area (Å²) < 4.78 is 48.0. The summed E-state index contributed by atoms with van der Waals surface area (Å²) in [5.74, 6) is -4.78. The van der Waals surface area contributed by atoms with E-state index in [1.54, 1.807) is 25.7 Å². The number of carbonyl (C=O) groups excluding carboxylic acids is 5. The average molecular weight is 577 g/mol. The van der Waals surface area contributed by atoms with Crippen molar-refractivity contribution in [1.82, 2.24) is 20.4 Å². The molecule has 2 atom stereocenters. The first kappa shape index (κ1) is 32.9. The number of halogens is 3. The van der Waals surface area contributed by atoms with Crippen LogP contribution in [-0.2, 0) is 28.7 Å². The topological polar surface area (TPSA) is 134 Å². The van der Waals surface area contributed by atoms with Crippen molar-refractivity contribution in [3.63, 3.8) is 0 Å². The Kier molecular flexibility index (Phi) is 11.8. The van der Waals surface area contributed by atoms with Gasteiger partial charge >= 0.3 is 24.1 Å². The summed E-state index contributed by atoms with van der Waals surface area (Å²) in [5, 5.41) is 3.94. The van der Waals surface area contributed by atoms with E-state index in [9.17, 15) is 37.1 Å². The average Bonchev–Trinajstić information content (AvgIpc) is 2.88. The number of esters is 1. The number of piperidine rings is 2. The number of amides is 4. The van der Waals surface area contributed by atoms with Gasteiger partial charge in [0.1, 0.15) is 11.6 Å². The molecule has 11 nitrogen and oxygen atoms in total. The van der Waals surface area contributed by atoms with Crippen molar-refractivity contribution in [2.45, 2.75) is 71.2 Å². The third kappa shape index (κ3) is 10.7. The maximum atomic E-state index is 12.8. The minimum Gasteiger partial charge on any atom is -0.464 e. The standard InChI is InChI=1S/C26H39F3N4O7/c1-5-39-22(36)19(31-23(37)26(27,28)29)15-30-21(35)18-7-6-12-33(16-18)20(34)9-8-17-10-13-32(14-11-17)24(38)40-25(2,3)4/h8-9,17-19H,5-7,10-16H2,1-4H3,(H,30,35)(H,31,37)/b9-8+/t18-,19+/m1/s1. The Bertz CT molecular complexity index is 957. The third-order valence-corrected chi connectivity index (χ3v) is 6.42. The van der Waals surface area contributed by atoms with E-state index in [-0.39, 0.29) is 31.1 Å². The van der Waals surface area contributed by atoms with Crippen LogP contribution in [0.4, 0.5) is 18.0 Å². The van der Waals surface area contributed by atoms with E-state index in [0.717, 1.165) is 0 Å². The van der Waals surface area contributed by atoms with Crippen LogP contribution in [0.5, 0.6) is 0 Å². The molecular formula is C26H39F3N4O7. The predicted octanol–water partition coefficient (Wildman–Crippen LogP) is 2.15. The molecule has 0 aromatic carbocycles. The number of nitrogens with zero attached hydrogens (tertiary/aromatic N) is 2. The van der Waals surface area contributed by atoms with Crippen molar-refractivity contribution in [3.8, 4) is 0 Å². The van der Waals surface area contributed by atoms with Gasteiger partial charge in [0.15, 0.2) is 0 Å². The van der Waals surface area contributed by atoms with E-state index >= 15 is 0 Å². The molecule has 0 aliphatic carbocycles. The Labute approximate surface area is 231 Å². The number of carbonyl (C=O) groups is 5. The van der Waals surface area contributed by atoms with E-state index in [1.807, 2.05) is 6.08 Å². The fourth-order valence-corrected chi connectivity index (χ4v) is 4.34. The number of nitrogens with one attached hydrogen (secondary N) is 2. The molecule has 2 aliphatic heterocycles. The Hall–Kier alpha value is -3.32. The van der Waals surface area contributed by atoms with E-state index in [2.05, 4.69) is 5.32 Å². The fraction of sp³-hybridized carbons (Fsp3) is 0.731. The van der Waals surface area contributed by atoms with E-state index in [1.165, 1.54) is 23.2 Å². The van der Waals surface area contributed by atoms with Crippen molar-refractivity contribution in [2.24, 2.45) is 11.8 Å². The minimum absolute atomic E-state index is 0.102. The maximum absolute atomic E-state index is 12.8. The van der Waals surface area contributed by atoms with Gasteiger partial charge in [-0.15, -0.1) is 0 Å². The van der Waals surface area contributed by atoms with Gasteiger partial charge in [-0.3, -0.25) is 14.4 Å². The highest BCUT2D eigenvalue weighted by atomic mass is 19.4. The number of ether oxygens (including phenoxy) is 2. The lowest BCUT2D eigenvalue weighted by Crippen LogP contribution is -2.54. The second kappa shape index (κ2) is 14.4. The molecule has 0 saturated carbocycles. The third-order valence-electron chi connectivity index (χ3n) is 6.42. The molecule has 0 aromatic heterocycles. The number of hydrogen-bond acceptors (Lipinski definition) is 7. The summed E-state index contributed by atoms with van der Waals surface area (Å²) >= 11 is 0. The highest BCUT2D eigenvalue weighted by molar-refractivity contribution is 5.89. The molecule has 2 rings (SSSR count). The molecule has 40 heavy (non-hydrogen) atoms. The van der Waals surface area contributed by atoms with Gasteiger partial charge in [0.2, 0.25) is 11.8 Å². The van der Waals surface area contributed by atoms with Gasteiger partial charge in [-0.25, -0.2) is 9.59 Å². The van der Waals surface area contributed by atoms with Crippen LogP contribution in [0.25, 0.3) is 0 Å². The number of hydrogen-bond donors (Lipinski definition) is 2. The number of likely N-dealkylation sites (tertiary alicyclic amines) is 2. The van der Waals surface area contributed by atoms with Gasteiger partial charge in [0.25, 0.3) is 0 Å². The maximum Gasteiger partial charge on any atom is 0.471 e. The predicted molar refractivity (Wildman–Crippen MR) is 137 cm³/mol. The van der Waals surface area contributed by atoms with Crippen LogP contribution in [0.1, 0.15) is 53.4 Å². The van der Waals surface area contributed by atoms with E-state index in [0.29, 0.717) is 45.3 Å². The molecular weight excluding hydrogens is 537 g/mol. The Morgan fingerprint density at radius 2 is 1.65 bits per heavy atom. The van der Waals surface area contributed by atoms with Gasteiger partial charge < -0.3 is 29.9 Å². The van der Waals surface area contributed by atoms with Gasteiger partial charge in [0.05, 0.1) is 12.5 Å². The molecule has 0 aromatic rings. The van der Waals surface area contributed by atoms with Crippen molar-refractivity contribution < 1.29 is 46.6 Å². The monoisotopic (exact) mass is 576 g/mol. The first-order chi connectivity index (χ1) is 18.6. The largest absolute Gasteiger partial charge is 0.471 e. The molecule has 0 spiro atoms. The van der Waals surface area contributed by atoms with Crippen molar-refractivity contribution in [1.29, 1.82) is 0 Å². The first-order valence-electron chi connectivity index (χ1n) is 13.4. The summed E-state index contributed by atoms with van der Waals surface area (Å²) in [5.41, 5.74) is -0.574. The van der Waals surface area contributed by atoms with Gasteiger partial charge in [-0.1, -0.05) is 6.08 Å². The molecule has 2 N–H and O–H groups in total. The summed E-state index contributed by atoms with van der Waals surface area (Å²) in [4.78, 5) is 64.2. The molecule has 14 heteroatoms. The lowest BCUT2D eigenvalue weighted by atomic mass is 9.95. The number of allylic oxidation sites excluding steroid dienone is 1. The van der Waals surface area contributed by atoms with E-state index < -0.39 is 48.1 Å². The molecule has 0 unspecified atom stereocenters. The van der Waals surface area contributed by atoms with Crippen LogP contribution < -0.4 is 10.6 Å². The van der Waals surface area contributed by atoms with Crippen LogP contribution >= 0.6 is 0 Å². The molecule has 0 radical (unpaired) electrons. The Morgan fingerprint density at radius 3 is 2.23 bits per heavy atom. The molecule has 2 heterocycles. The van der Waals surface area contributed by atoms with Gasteiger partial charge in [0, 0.05) is 32.7 Å². The van der Waals surface area contributed by atoms with Crippen molar-refractivity contribution in [2.75, 3.05) is 39.3 Å². The Morgan fingerprint density at radius 1 is 1.00 bits per heavy atom. The quantitative estimate of drug-likeness (QED) is 0.334. The first-order valence-corrected chi connectivity index (χ1v) is 13.4. The SMILES string of the molecule is CCOC(=O)[C@H](CNC(=O)[C@@H]1CCCN(C(=O)/C=C/C2CCN(C(=O)OC(C)(C)C)CC2)C1)NC(=O)C(F)(F)F. The smallest absolute Gasteiger partial charge is 0.464 e. The summed E-state index contributed by atoms with van der Waals surface area (Å²) in [6.45, 7) is 7.72. The lowest BCUT2D eigenvalue weighted by Gasteiger charge is -2.33. The molecule has 2 aliphatic rings. The second-order valence-corrected chi connectivity index (χ2v) is 10.8. The van der Waals surface area contributed by atoms with E-state index in [4.69, 9.17) is 9.47 Å². The van der Waals surface area contributed by atoms with Gasteiger partial charge in [-0.2, -0.15) is 13.2 Å². The number of rotatable bonds is 8. The highest BCUT2D eigenvalue weighted by Crippen LogP contribution is 2.22. The number of alkyl halides is 3. The minimum atomic E-state index is -5.21. The summed E-state index contributed by atoms with van der Waals surface area (Å²) in [6.07, 6.45) is 0.0610. The fourth-order valence-electron chi connectivity index (χ4n) is 4.34. The van der Waals surface area contributed by atoms with Crippen LogP contribution in [-0.4, -0.2) is 96.7 Å². The zero-order valence-electron chi connectivity index (χ0n) is 23.3. The molecule has 226 valence electrons. The van der Waals surface area contributed by atoms with Crippen LogP contribution in [0.3, 0.4) is 0 Å². The van der Waals surface area contributed by atoms with Crippen molar-refractivity contribution >= 4 is 29.8 Å². The molecule has 2 fully saturated rings. The van der Waals surface area contributed by atoms with Crippen LogP contribution in [0, 0.1) is 11.8 Å². The van der Waals surface area contributed by atoms with Gasteiger partial charge in [-0.05, 0) is 65.4 Å². The van der Waals surface area contributed by atoms with Crippen LogP contribution in [0.15, 0.2) is 12.2 Å². The Balaban J connectivity index is 1.86. The second-order valence-electron chi connectivity index (χ2n) is 10.8. The summed E-state index contributed by atoms with van der Waals surface area (Å²) in [7, 11) is 0. The highest BCUT2D eigenvalue weighted by Gasteiger charge is 2.41.